The molecule has 2 saturated heterocycles. The Hall–Kier alpha value is -0.0800. The van der Waals surface area contributed by atoms with Crippen molar-refractivity contribution in [3.05, 3.63) is 0 Å². The zero-order valence-corrected chi connectivity index (χ0v) is 8.44. The van der Waals surface area contributed by atoms with E-state index < -0.39 is 0 Å². The van der Waals surface area contributed by atoms with Crippen molar-refractivity contribution in [2.75, 3.05) is 19.8 Å². The molecule has 2 fully saturated rings. The molecule has 0 amide bonds. The minimum absolute atomic E-state index is 0.0955. The van der Waals surface area contributed by atoms with Crippen LogP contribution in [0.5, 0.6) is 0 Å². The lowest BCUT2D eigenvalue weighted by Gasteiger charge is -2.47. The predicted molar refractivity (Wildman–Crippen MR) is 47.1 cm³/mol. The monoisotopic (exact) mass is 170 g/mol. The van der Waals surface area contributed by atoms with Crippen LogP contribution >= 0.6 is 0 Å². The number of rotatable bonds is 0. The first-order valence-corrected chi connectivity index (χ1v) is 4.63. The molecule has 2 nitrogen and oxygen atoms in total. The first-order valence-electron chi connectivity index (χ1n) is 4.63. The van der Waals surface area contributed by atoms with Crippen molar-refractivity contribution < 1.29 is 9.47 Å². The molecular weight excluding hydrogens is 152 g/mol. The van der Waals surface area contributed by atoms with Crippen LogP contribution in [-0.2, 0) is 9.47 Å². The molecule has 70 valence electrons. The highest BCUT2D eigenvalue weighted by Gasteiger charge is 2.67. The zero-order valence-electron chi connectivity index (χ0n) is 8.44. The topological polar surface area (TPSA) is 21.8 Å². The summed E-state index contributed by atoms with van der Waals surface area (Å²) in [6, 6.07) is 0. The van der Waals surface area contributed by atoms with Crippen LogP contribution in [0.25, 0.3) is 0 Å². The highest BCUT2D eigenvalue weighted by Crippen LogP contribution is 2.58. The number of hydrogen-bond acceptors (Lipinski definition) is 2. The van der Waals surface area contributed by atoms with Gasteiger partial charge < -0.3 is 9.47 Å². The van der Waals surface area contributed by atoms with E-state index in [4.69, 9.17) is 9.47 Å². The van der Waals surface area contributed by atoms with Crippen LogP contribution in [0.2, 0.25) is 0 Å². The number of epoxide rings is 1. The average Bonchev–Trinajstić information content (AvgIpc) is 2.61. The van der Waals surface area contributed by atoms with Gasteiger partial charge in [0.25, 0.3) is 0 Å². The molecule has 2 aliphatic heterocycles. The van der Waals surface area contributed by atoms with Gasteiger partial charge in [-0.25, -0.2) is 0 Å². The van der Waals surface area contributed by atoms with E-state index in [2.05, 4.69) is 27.7 Å². The van der Waals surface area contributed by atoms with Crippen LogP contribution in [0.1, 0.15) is 27.7 Å². The van der Waals surface area contributed by atoms with Crippen molar-refractivity contribution in [2.45, 2.75) is 33.3 Å². The Bertz CT molecular complexity index is 184. The maximum Gasteiger partial charge on any atom is 0.106 e. The fourth-order valence-corrected chi connectivity index (χ4v) is 2.56. The summed E-state index contributed by atoms with van der Waals surface area (Å²) in [6.45, 7) is 11.5. The molecule has 1 spiro atoms. The van der Waals surface area contributed by atoms with E-state index in [1.807, 2.05) is 0 Å². The maximum absolute atomic E-state index is 5.69. The van der Waals surface area contributed by atoms with Crippen LogP contribution in [0.4, 0.5) is 0 Å². The molecule has 2 aliphatic rings. The molecule has 0 aliphatic carbocycles. The summed E-state index contributed by atoms with van der Waals surface area (Å²) in [7, 11) is 0. The van der Waals surface area contributed by atoms with Crippen molar-refractivity contribution in [3.8, 4) is 0 Å². The van der Waals surface area contributed by atoms with E-state index in [-0.39, 0.29) is 16.4 Å². The van der Waals surface area contributed by atoms with Gasteiger partial charge in [0.2, 0.25) is 0 Å². The Balaban J connectivity index is 2.32. The summed E-state index contributed by atoms with van der Waals surface area (Å²) in [5, 5.41) is 0. The third-order valence-corrected chi connectivity index (χ3v) is 3.55. The molecule has 0 radical (unpaired) electrons. The van der Waals surface area contributed by atoms with E-state index in [9.17, 15) is 0 Å². The van der Waals surface area contributed by atoms with Gasteiger partial charge in [-0.2, -0.15) is 0 Å². The van der Waals surface area contributed by atoms with E-state index >= 15 is 0 Å². The molecule has 0 aromatic rings. The lowest BCUT2D eigenvalue weighted by Crippen LogP contribution is -2.54. The Morgan fingerprint density at radius 3 is 1.50 bits per heavy atom. The van der Waals surface area contributed by atoms with Crippen molar-refractivity contribution in [2.24, 2.45) is 10.8 Å². The van der Waals surface area contributed by atoms with Crippen molar-refractivity contribution in [1.82, 2.24) is 0 Å². The predicted octanol–water partition coefficient (Wildman–Crippen LogP) is 1.84. The lowest BCUT2D eigenvalue weighted by atomic mass is 9.63. The van der Waals surface area contributed by atoms with Crippen LogP contribution in [0.15, 0.2) is 0 Å². The van der Waals surface area contributed by atoms with E-state index in [1.54, 1.807) is 0 Å². The minimum Gasteiger partial charge on any atom is -0.380 e. The molecule has 0 saturated carbocycles. The lowest BCUT2D eigenvalue weighted by molar-refractivity contribution is -0.127. The molecule has 0 bridgehead atoms. The number of hydrogen-bond donors (Lipinski definition) is 0. The Morgan fingerprint density at radius 2 is 1.25 bits per heavy atom. The van der Waals surface area contributed by atoms with Gasteiger partial charge in [-0.15, -0.1) is 0 Å². The second-order valence-corrected chi connectivity index (χ2v) is 5.38. The molecule has 2 rings (SSSR count). The van der Waals surface area contributed by atoms with Crippen molar-refractivity contribution >= 4 is 0 Å². The smallest absolute Gasteiger partial charge is 0.106 e. The second-order valence-electron chi connectivity index (χ2n) is 5.38. The Kier molecular flexibility index (Phi) is 1.45. The molecule has 0 aromatic carbocycles. The van der Waals surface area contributed by atoms with E-state index in [0.29, 0.717) is 0 Å². The van der Waals surface area contributed by atoms with Gasteiger partial charge in [-0.1, -0.05) is 27.7 Å². The summed E-state index contributed by atoms with van der Waals surface area (Å²) in [4.78, 5) is 0. The fraction of sp³-hybridized carbons (Fsp3) is 1.00. The molecule has 2 heterocycles. The van der Waals surface area contributed by atoms with E-state index in [0.717, 1.165) is 19.8 Å². The summed E-state index contributed by atoms with van der Waals surface area (Å²) in [6.07, 6.45) is 0. The number of ether oxygens (including phenoxy) is 2. The van der Waals surface area contributed by atoms with Gasteiger partial charge in [0, 0.05) is 10.8 Å². The maximum atomic E-state index is 5.69. The van der Waals surface area contributed by atoms with Crippen LogP contribution in [0.3, 0.4) is 0 Å². The molecule has 0 N–H and O–H groups in total. The minimum atomic E-state index is 0.0955. The van der Waals surface area contributed by atoms with Gasteiger partial charge in [0.05, 0.1) is 19.8 Å². The molecule has 0 atom stereocenters. The summed E-state index contributed by atoms with van der Waals surface area (Å²) < 4.78 is 11.3. The van der Waals surface area contributed by atoms with Gasteiger partial charge in [0.1, 0.15) is 5.60 Å². The first kappa shape index (κ1) is 8.52. The van der Waals surface area contributed by atoms with Gasteiger partial charge in [-0.05, 0) is 0 Å². The normalized spacial score (nSPS) is 35.0. The van der Waals surface area contributed by atoms with Crippen LogP contribution in [-0.4, -0.2) is 25.4 Å². The molecule has 0 unspecified atom stereocenters. The van der Waals surface area contributed by atoms with Gasteiger partial charge in [0.15, 0.2) is 0 Å². The van der Waals surface area contributed by atoms with Gasteiger partial charge in [-0.3, -0.25) is 0 Å². The molecule has 2 heteroatoms. The highest BCUT2D eigenvalue weighted by molar-refractivity contribution is 5.14. The highest BCUT2D eigenvalue weighted by atomic mass is 16.6. The van der Waals surface area contributed by atoms with Gasteiger partial charge >= 0.3 is 0 Å². The Labute approximate surface area is 74.2 Å². The van der Waals surface area contributed by atoms with Crippen molar-refractivity contribution in [3.63, 3.8) is 0 Å². The molecular formula is C10H18O2. The largest absolute Gasteiger partial charge is 0.380 e. The third-order valence-electron chi connectivity index (χ3n) is 3.55. The summed E-state index contributed by atoms with van der Waals surface area (Å²) in [5.41, 5.74) is 0.446. The fourth-order valence-electron chi connectivity index (χ4n) is 2.56. The summed E-state index contributed by atoms with van der Waals surface area (Å²) >= 11 is 0. The second kappa shape index (κ2) is 2.05. The SMILES string of the molecule is CC1(C)COCC(C)(C)C12CO2. The Morgan fingerprint density at radius 1 is 0.833 bits per heavy atom. The van der Waals surface area contributed by atoms with Crippen LogP contribution in [0, 0.1) is 10.8 Å². The third kappa shape index (κ3) is 0.826. The van der Waals surface area contributed by atoms with Crippen molar-refractivity contribution in [1.29, 1.82) is 0 Å². The van der Waals surface area contributed by atoms with Crippen LogP contribution < -0.4 is 0 Å². The zero-order chi connectivity index (χ0) is 9.04. The summed E-state index contributed by atoms with van der Waals surface area (Å²) in [5.74, 6) is 0. The van der Waals surface area contributed by atoms with E-state index in [1.165, 1.54) is 0 Å². The molecule has 0 aromatic heterocycles. The standard InChI is InChI=1S/C10H18O2/c1-8(2)5-11-6-9(3,4)10(8)7-12-10/h5-7H2,1-4H3. The quantitative estimate of drug-likeness (QED) is 0.517. The molecule has 12 heavy (non-hydrogen) atoms. The first-order chi connectivity index (χ1) is 5.41. The average molecular weight is 170 g/mol.